The predicted molar refractivity (Wildman–Crippen MR) is 67.7 cm³/mol. The van der Waals surface area contributed by atoms with E-state index in [1.165, 1.54) is 0 Å². The predicted octanol–water partition coefficient (Wildman–Crippen LogP) is -0.714. The third kappa shape index (κ3) is 5.62. The first-order valence-corrected chi connectivity index (χ1v) is 5.30. The van der Waals surface area contributed by atoms with E-state index in [-0.39, 0.29) is 6.54 Å². The molecule has 0 amide bonds. The van der Waals surface area contributed by atoms with Crippen LogP contribution in [0.5, 0.6) is 0 Å². The molecule has 0 bridgehead atoms. The molecule has 0 radical (unpaired) electrons. The fourth-order valence-electron chi connectivity index (χ4n) is 1.21. The van der Waals surface area contributed by atoms with E-state index in [4.69, 9.17) is 5.11 Å². The smallest absolute Gasteiger partial charge is 0.324 e. The Kier molecular flexibility index (Phi) is 6.71. The Hall–Kier alpha value is -1.18. The number of carboxylic acids is 1. The lowest BCUT2D eigenvalue weighted by molar-refractivity contribution is -0.139. The molecule has 0 heterocycles. The molecule has 0 aliphatic rings. The highest BCUT2D eigenvalue weighted by Gasteiger charge is 2.18. The summed E-state index contributed by atoms with van der Waals surface area (Å²) in [5.41, 5.74) is 0. The van der Waals surface area contributed by atoms with Gasteiger partial charge in [0.25, 0.3) is 0 Å². The number of hydrogen-bond donors (Lipinski definition) is 1. The van der Waals surface area contributed by atoms with E-state index < -0.39 is 5.97 Å². The Morgan fingerprint density at radius 3 is 1.88 bits per heavy atom. The minimum Gasteiger partial charge on any atom is -0.480 e. The molecule has 0 rings (SSSR count). The van der Waals surface area contributed by atoms with Crippen LogP contribution < -0.4 is 0 Å². The van der Waals surface area contributed by atoms with E-state index in [1.807, 2.05) is 31.2 Å². The van der Waals surface area contributed by atoms with Crippen LogP contribution in [0.1, 0.15) is 0 Å². The molecule has 0 fully saturated rings. The molecule has 1 N–H and O–H groups in total. The van der Waals surface area contributed by atoms with Crippen molar-refractivity contribution in [2.45, 2.75) is 0 Å². The molecule has 7 heteroatoms. The largest absolute Gasteiger partial charge is 0.480 e. The fourth-order valence-corrected chi connectivity index (χ4v) is 1.21. The van der Waals surface area contributed by atoms with Gasteiger partial charge in [0.15, 0.2) is 0 Å². The summed E-state index contributed by atoms with van der Waals surface area (Å²) in [5, 5.41) is 16.1. The highest BCUT2D eigenvalue weighted by atomic mass is 16.4. The lowest BCUT2D eigenvalue weighted by atomic mass is 10.4. The molecule has 0 saturated heterocycles. The van der Waals surface area contributed by atoms with Crippen LogP contribution >= 0.6 is 0 Å². The van der Waals surface area contributed by atoms with Crippen molar-refractivity contribution in [3.05, 3.63) is 0 Å². The van der Waals surface area contributed by atoms with Crippen LogP contribution in [-0.4, -0.2) is 92.3 Å². The number of hydrogen-bond acceptors (Lipinski definition) is 5. The summed E-state index contributed by atoms with van der Waals surface area (Å²) in [5.74, 6) is -0.180. The van der Waals surface area contributed by atoms with E-state index >= 15 is 0 Å². The number of rotatable bonds is 6. The van der Waals surface area contributed by atoms with Gasteiger partial charge in [-0.25, -0.2) is 15.0 Å². The Bertz CT molecular complexity index is 278. The molecule has 0 atom stereocenters. The summed E-state index contributed by atoms with van der Waals surface area (Å²) in [6.07, 6.45) is 0. The lowest BCUT2D eigenvalue weighted by Crippen LogP contribution is -2.50. The first kappa shape index (κ1) is 15.8. The average Bonchev–Trinajstić information content (AvgIpc) is 2.21. The van der Waals surface area contributed by atoms with Gasteiger partial charge in [0, 0.05) is 42.3 Å². The minimum absolute atomic E-state index is 0.0963. The van der Waals surface area contributed by atoms with Gasteiger partial charge in [-0.2, -0.15) is 0 Å². The summed E-state index contributed by atoms with van der Waals surface area (Å²) >= 11 is 0. The lowest BCUT2D eigenvalue weighted by Gasteiger charge is -2.33. The minimum atomic E-state index is -0.882. The van der Waals surface area contributed by atoms with Crippen LogP contribution in [0.2, 0.25) is 0 Å². The number of carbonyl (C=O) groups is 1. The van der Waals surface area contributed by atoms with E-state index in [0.29, 0.717) is 12.4 Å². The maximum Gasteiger partial charge on any atom is 0.324 e. The number of aliphatic carboxylic acids is 1. The van der Waals surface area contributed by atoms with E-state index in [0.717, 1.165) is 0 Å². The second-order valence-corrected chi connectivity index (χ2v) is 4.10. The quantitative estimate of drug-likeness (QED) is 0.379. The summed E-state index contributed by atoms with van der Waals surface area (Å²) < 4.78 is 0. The molecule has 0 saturated carbocycles. The zero-order chi connectivity index (χ0) is 13.6. The fraction of sp³-hybridized carbons (Fsp3) is 0.800. The highest BCUT2D eigenvalue weighted by Crippen LogP contribution is 1.98. The zero-order valence-corrected chi connectivity index (χ0v) is 11.5. The Morgan fingerprint density at radius 2 is 1.59 bits per heavy atom. The molecule has 0 aliphatic carbocycles. The number of hydrazine groups is 2. The van der Waals surface area contributed by atoms with Crippen molar-refractivity contribution >= 4 is 11.8 Å². The average molecular weight is 245 g/mol. The van der Waals surface area contributed by atoms with Crippen LogP contribution in [0.3, 0.4) is 0 Å². The summed E-state index contributed by atoms with van der Waals surface area (Å²) in [6, 6.07) is 0. The number of nitrogens with zero attached hydrogens (tertiary/aromatic N) is 5. The Labute approximate surface area is 103 Å². The maximum atomic E-state index is 10.8. The molecule has 0 aromatic rings. The van der Waals surface area contributed by atoms with Gasteiger partial charge in [-0.05, 0) is 0 Å². The van der Waals surface area contributed by atoms with Crippen molar-refractivity contribution in [3.8, 4) is 0 Å². The Balaban J connectivity index is 4.75. The van der Waals surface area contributed by atoms with E-state index in [1.54, 1.807) is 31.2 Å². The molecule has 0 aliphatic heterocycles. The SMILES string of the molecule is CN=C(CN(C)N(C)C)N(CC(=O)O)N(C)C. The summed E-state index contributed by atoms with van der Waals surface area (Å²) in [4.78, 5) is 15.0. The molecule has 17 heavy (non-hydrogen) atoms. The molecule has 0 spiro atoms. The number of amidine groups is 1. The molecule has 7 nitrogen and oxygen atoms in total. The van der Waals surface area contributed by atoms with Crippen molar-refractivity contribution in [2.24, 2.45) is 4.99 Å². The van der Waals surface area contributed by atoms with Crippen LogP contribution in [0.4, 0.5) is 0 Å². The van der Waals surface area contributed by atoms with E-state index in [2.05, 4.69) is 4.99 Å². The van der Waals surface area contributed by atoms with Gasteiger partial charge in [0.05, 0.1) is 6.54 Å². The number of likely N-dealkylation sites (N-methyl/N-ethyl adjacent to an activating group) is 1. The van der Waals surface area contributed by atoms with Crippen molar-refractivity contribution in [1.29, 1.82) is 0 Å². The molecule has 100 valence electrons. The molecule has 0 aromatic heterocycles. The van der Waals surface area contributed by atoms with Gasteiger partial charge >= 0.3 is 5.97 Å². The second-order valence-electron chi connectivity index (χ2n) is 4.10. The Morgan fingerprint density at radius 1 is 1.06 bits per heavy atom. The van der Waals surface area contributed by atoms with E-state index in [9.17, 15) is 4.79 Å². The van der Waals surface area contributed by atoms with Crippen molar-refractivity contribution in [2.75, 3.05) is 55.4 Å². The van der Waals surface area contributed by atoms with Crippen LogP contribution in [0.25, 0.3) is 0 Å². The maximum absolute atomic E-state index is 10.8. The summed E-state index contributed by atoms with van der Waals surface area (Å²) in [6.45, 7) is 0.454. The zero-order valence-electron chi connectivity index (χ0n) is 11.5. The highest BCUT2D eigenvalue weighted by molar-refractivity contribution is 5.86. The normalized spacial score (nSPS) is 12.6. The third-order valence-corrected chi connectivity index (χ3v) is 2.38. The molecule has 0 unspecified atom stereocenters. The standard InChI is InChI=1S/C10H23N5O2/c1-11-9(7-14(6)12(2)3)15(13(4)5)8-10(16)17/h7-8H2,1-6H3,(H,16,17). The van der Waals surface area contributed by atoms with Crippen LogP contribution in [0.15, 0.2) is 4.99 Å². The molecular formula is C10H23N5O2. The van der Waals surface area contributed by atoms with Crippen molar-refractivity contribution < 1.29 is 9.90 Å². The van der Waals surface area contributed by atoms with Gasteiger partial charge in [-0.3, -0.25) is 14.8 Å². The number of carboxylic acid groups (broad SMARTS) is 1. The first-order valence-electron chi connectivity index (χ1n) is 5.30. The van der Waals surface area contributed by atoms with Crippen LogP contribution in [-0.2, 0) is 4.79 Å². The van der Waals surface area contributed by atoms with Crippen molar-refractivity contribution in [3.63, 3.8) is 0 Å². The summed E-state index contributed by atoms with van der Waals surface area (Å²) in [7, 11) is 11.0. The first-order chi connectivity index (χ1) is 7.79. The number of aliphatic imine (C=N–C) groups is 1. The van der Waals surface area contributed by atoms with Gasteiger partial charge in [0.2, 0.25) is 0 Å². The van der Waals surface area contributed by atoms with Gasteiger partial charge in [-0.1, -0.05) is 0 Å². The van der Waals surface area contributed by atoms with Gasteiger partial charge < -0.3 is 5.11 Å². The third-order valence-electron chi connectivity index (χ3n) is 2.38. The van der Waals surface area contributed by atoms with Crippen LogP contribution in [0, 0.1) is 0 Å². The topological polar surface area (TPSA) is 62.6 Å². The monoisotopic (exact) mass is 245 g/mol. The van der Waals surface area contributed by atoms with Gasteiger partial charge in [-0.15, -0.1) is 0 Å². The van der Waals surface area contributed by atoms with Gasteiger partial charge in [0.1, 0.15) is 12.4 Å². The molecule has 0 aromatic carbocycles. The molecular weight excluding hydrogens is 222 g/mol. The van der Waals surface area contributed by atoms with Crippen molar-refractivity contribution in [1.82, 2.24) is 20.0 Å². The second kappa shape index (κ2) is 7.21.